The largest absolute Gasteiger partial charge is 0.349 e. The van der Waals surface area contributed by atoms with Crippen LogP contribution in [0.3, 0.4) is 0 Å². The van der Waals surface area contributed by atoms with Crippen LogP contribution >= 0.6 is 0 Å². The van der Waals surface area contributed by atoms with Gasteiger partial charge in [0.1, 0.15) is 0 Å². The third-order valence-electron chi connectivity index (χ3n) is 4.64. The first kappa shape index (κ1) is 18.9. The van der Waals surface area contributed by atoms with E-state index in [2.05, 4.69) is 19.2 Å². The predicted molar refractivity (Wildman–Crippen MR) is 95.9 cm³/mol. The van der Waals surface area contributed by atoms with Crippen LogP contribution in [0.2, 0.25) is 0 Å². The molecule has 5 nitrogen and oxygen atoms in total. The van der Waals surface area contributed by atoms with Gasteiger partial charge in [0.15, 0.2) is 0 Å². The van der Waals surface area contributed by atoms with E-state index in [1.54, 1.807) is 6.92 Å². The van der Waals surface area contributed by atoms with Gasteiger partial charge in [0.05, 0.1) is 17.7 Å². The van der Waals surface area contributed by atoms with Crippen LogP contribution in [0.25, 0.3) is 0 Å². The van der Waals surface area contributed by atoms with Crippen molar-refractivity contribution in [3.8, 4) is 0 Å². The number of amides is 1. The predicted octanol–water partition coefficient (Wildman–Crippen LogP) is 2.56. The Morgan fingerprint density at radius 1 is 1.29 bits per heavy atom. The number of hydrogen-bond donors (Lipinski definition) is 1. The minimum absolute atomic E-state index is 0.0476. The highest BCUT2D eigenvalue weighted by atomic mass is 32.2. The van der Waals surface area contributed by atoms with Gasteiger partial charge in [-0.05, 0) is 31.2 Å². The van der Waals surface area contributed by atoms with Crippen molar-refractivity contribution in [1.29, 1.82) is 0 Å². The standard InChI is InChI=1S/C18H28N2O3S/c1-4-24(22,23)20-12-8-11-16(13-20)18(21)19-17(14(2)3)15-9-6-5-7-10-15/h5-7,9-10,14,16-17H,4,8,11-13H2,1-3H3,(H,19,21)/t16-,17-/m0/s1. The summed E-state index contributed by atoms with van der Waals surface area (Å²) in [5.41, 5.74) is 1.08. The quantitative estimate of drug-likeness (QED) is 0.856. The number of rotatable bonds is 6. The second-order valence-corrected chi connectivity index (χ2v) is 9.00. The van der Waals surface area contributed by atoms with Crippen LogP contribution in [0.5, 0.6) is 0 Å². The maximum atomic E-state index is 12.7. The summed E-state index contributed by atoms with van der Waals surface area (Å²) in [6, 6.07) is 9.85. The molecule has 0 radical (unpaired) electrons. The molecule has 1 N–H and O–H groups in total. The minimum atomic E-state index is -3.23. The number of benzene rings is 1. The Balaban J connectivity index is 2.07. The van der Waals surface area contributed by atoms with E-state index in [9.17, 15) is 13.2 Å². The molecule has 0 bridgehead atoms. The van der Waals surface area contributed by atoms with Crippen LogP contribution in [-0.2, 0) is 14.8 Å². The highest BCUT2D eigenvalue weighted by molar-refractivity contribution is 7.89. The zero-order chi connectivity index (χ0) is 17.7. The van der Waals surface area contributed by atoms with Crippen LogP contribution < -0.4 is 5.32 Å². The van der Waals surface area contributed by atoms with Gasteiger partial charge in [-0.25, -0.2) is 12.7 Å². The summed E-state index contributed by atoms with van der Waals surface area (Å²) in [5, 5.41) is 3.13. The number of sulfonamides is 1. The summed E-state index contributed by atoms with van der Waals surface area (Å²) in [6.45, 7) is 6.61. The lowest BCUT2D eigenvalue weighted by Crippen LogP contribution is -2.46. The van der Waals surface area contributed by atoms with E-state index in [-0.39, 0.29) is 29.5 Å². The summed E-state index contributed by atoms with van der Waals surface area (Å²) in [6.07, 6.45) is 1.47. The van der Waals surface area contributed by atoms with Crippen molar-refractivity contribution in [3.63, 3.8) is 0 Å². The second kappa shape index (κ2) is 8.12. The molecule has 1 aliphatic heterocycles. The van der Waals surface area contributed by atoms with Crippen molar-refractivity contribution in [2.24, 2.45) is 11.8 Å². The molecule has 0 aromatic heterocycles. The smallest absolute Gasteiger partial charge is 0.224 e. The molecule has 0 spiro atoms. The number of nitrogens with zero attached hydrogens (tertiary/aromatic N) is 1. The topological polar surface area (TPSA) is 66.5 Å². The molecule has 0 saturated carbocycles. The van der Waals surface area contributed by atoms with Gasteiger partial charge in [-0.3, -0.25) is 4.79 Å². The van der Waals surface area contributed by atoms with Crippen molar-refractivity contribution >= 4 is 15.9 Å². The van der Waals surface area contributed by atoms with Gasteiger partial charge in [0.2, 0.25) is 15.9 Å². The fourth-order valence-electron chi connectivity index (χ4n) is 3.16. The number of hydrogen-bond acceptors (Lipinski definition) is 3. The molecular weight excluding hydrogens is 324 g/mol. The van der Waals surface area contributed by atoms with E-state index < -0.39 is 10.0 Å². The molecule has 2 rings (SSSR count). The first-order chi connectivity index (χ1) is 11.3. The summed E-state index contributed by atoms with van der Waals surface area (Å²) in [5.74, 6) is 0.0222. The van der Waals surface area contributed by atoms with Crippen LogP contribution in [0.4, 0.5) is 0 Å². The number of carbonyl (C=O) groups excluding carboxylic acids is 1. The van der Waals surface area contributed by atoms with Gasteiger partial charge >= 0.3 is 0 Å². The summed E-state index contributed by atoms with van der Waals surface area (Å²) in [7, 11) is -3.23. The molecule has 1 aromatic rings. The summed E-state index contributed by atoms with van der Waals surface area (Å²) >= 11 is 0. The van der Waals surface area contributed by atoms with Crippen molar-refractivity contribution in [2.45, 2.75) is 39.7 Å². The van der Waals surface area contributed by atoms with Gasteiger partial charge in [0, 0.05) is 13.1 Å². The SMILES string of the molecule is CCS(=O)(=O)N1CCC[C@H](C(=O)N[C@H](c2ccccc2)C(C)C)C1. The molecular formula is C18H28N2O3S. The maximum absolute atomic E-state index is 12.7. The Bertz CT molecular complexity index is 643. The van der Waals surface area contributed by atoms with Crippen molar-refractivity contribution < 1.29 is 13.2 Å². The van der Waals surface area contributed by atoms with E-state index in [0.717, 1.165) is 18.4 Å². The van der Waals surface area contributed by atoms with Crippen LogP contribution in [0.15, 0.2) is 30.3 Å². The van der Waals surface area contributed by atoms with Crippen LogP contribution in [0.1, 0.15) is 45.2 Å². The molecule has 1 heterocycles. The third kappa shape index (κ3) is 4.57. The molecule has 1 saturated heterocycles. The lowest BCUT2D eigenvalue weighted by Gasteiger charge is -2.32. The highest BCUT2D eigenvalue weighted by Gasteiger charge is 2.32. The normalized spacial score (nSPS) is 20.8. The number of nitrogens with one attached hydrogen (secondary N) is 1. The lowest BCUT2D eigenvalue weighted by atomic mass is 9.93. The fourth-order valence-corrected chi connectivity index (χ4v) is 4.34. The van der Waals surface area contributed by atoms with Crippen molar-refractivity contribution in [3.05, 3.63) is 35.9 Å². The molecule has 2 atom stereocenters. The Morgan fingerprint density at radius 2 is 1.96 bits per heavy atom. The van der Waals surface area contributed by atoms with E-state index in [4.69, 9.17) is 0 Å². The zero-order valence-corrected chi connectivity index (χ0v) is 15.6. The third-order valence-corrected chi connectivity index (χ3v) is 6.48. The first-order valence-corrected chi connectivity index (χ1v) is 10.3. The Morgan fingerprint density at radius 3 is 2.54 bits per heavy atom. The molecule has 134 valence electrons. The molecule has 1 aromatic carbocycles. The fraction of sp³-hybridized carbons (Fsp3) is 0.611. The monoisotopic (exact) mass is 352 g/mol. The van der Waals surface area contributed by atoms with Gasteiger partial charge in [-0.1, -0.05) is 44.2 Å². The second-order valence-electron chi connectivity index (χ2n) is 6.74. The lowest BCUT2D eigenvalue weighted by molar-refractivity contribution is -0.127. The van der Waals surface area contributed by atoms with Crippen LogP contribution in [0, 0.1) is 11.8 Å². The Labute approximate surface area is 145 Å². The molecule has 1 fully saturated rings. The van der Waals surface area contributed by atoms with E-state index in [1.165, 1.54) is 4.31 Å². The number of carbonyl (C=O) groups is 1. The van der Waals surface area contributed by atoms with Crippen molar-refractivity contribution in [1.82, 2.24) is 9.62 Å². The molecule has 0 unspecified atom stereocenters. The summed E-state index contributed by atoms with van der Waals surface area (Å²) < 4.78 is 25.6. The minimum Gasteiger partial charge on any atom is -0.349 e. The average molecular weight is 353 g/mol. The van der Waals surface area contributed by atoms with Gasteiger partial charge in [0.25, 0.3) is 0 Å². The first-order valence-electron chi connectivity index (χ1n) is 8.68. The Kier molecular flexibility index (Phi) is 6.40. The van der Waals surface area contributed by atoms with Crippen LogP contribution in [-0.4, -0.2) is 37.5 Å². The van der Waals surface area contributed by atoms with Gasteiger partial charge in [-0.15, -0.1) is 0 Å². The average Bonchev–Trinajstić information content (AvgIpc) is 2.60. The molecule has 6 heteroatoms. The molecule has 24 heavy (non-hydrogen) atoms. The van der Waals surface area contributed by atoms with E-state index in [0.29, 0.717) is 13.1 Å². The zero-order valence-electron chi connectivity index (χ0n) is 14.7. The van der Waals surface area contributed by atoms with Crippen molar-refractivity contribution in [2.75, 3.05) is 18.8 Å². The summed E-state index contributed by atoms with van der Waals surface area (Å²) in [4.78, 5) is 12.7. The van der Waals surface area contributed by atoms with E-state index >= 15 is 0 Å². The molecule has 1 amide bonds. The van der Waals surface area contributed by atoms with Gasteiger partial charge < -0.3 is 5.32 Å². The highest BCUT2D eigenvalue weighted by Crippen LogP contribution is 2.24. The van der Waals surface area contributed by atoms with E-state index in [1.807, 2.05) is 30.3 Å². The molecule has 0 aliphatic carbocycles. The maximum Gasteiger partial charge on any atom is 0.224 e. The molecule has 1 aliphatic rings. The Hall–Kier alpha value is -1.40. The van der Waals surface area contributed by atoms with Gasteiger partial charge in [-0.2, -0.15) is 0 Å². The number of piperidine rings is 1.